The summed E-state index contributed by atoms with van der Waals surface area (Å²) >= 11 is 6.74. The molecule has 1 aromatic heterocycles. The van der Waals surface area contributed by atoms with E-state index in [1.54, 1.807) is 0 Å². The predicted molar refractivity (Wildman–Crippen MR) is 246 cm³/mol. The Morgan fingerprint density at radius 3 is 2.02 bits per heavy atom. The number of fused-ring (bicyclic) bond motifs is 3. The van der Waals surface area contributed by atoms with Crippen molar-refractivity contribution in [3.8, 4) is 11.1 Å². The quantitative estimate of drug-likeness (QED) is 0.111. The minimum Gasteiger partial charge on any atom is -0.143 e. The second-order valence-corrected chi connectivity index (χ2v) is 15.1. The van der Waals surface area contributed by atoms with Gasteiger partial charge in [0.25, 0.3) is 0 Å². The molecular formula is C52H48S2. The molecule has 0 unspecified atom stereocenters. The van der Waals surface area contributed by atoms with E-state index >= 15 is 0 Å². The van der Waals surface area contributed by atoms with Crippen LogP contribution < -0.4 is 9.75 Å². The molecule has 268 valence electrons. The fourth-order valence-electron chi connectivity index (χ4n) is 6.98. The molecule has 0 aliphatic carbocycles. The van der Waals surface area contributed by atoms with Crippen LogP contribution in [0.5, 0.6) is 0 Å². The van der Waals surface area contributed by atoms with Gasteiger partial charge in [0, 0.05) is 19.5 Å². The van der Waals surface area contributed by atoms with Crippen molar-refractivity contribution < 1.29 is 0 Å². The van der Waals surface area contributed by atoms with Gasteiger partial charge in [0.1, 0.15) is 0 Å². The molecule has 0 bridgehead atoms. The van der Waals surface area contributed by atoms with Crippen LogP contribution >= 0.6 is 24.0 Å². The van der Waals surface area contributed by atoms with Crippen molar-refractivity contribution in [1.82, 2.24) is 0 Å². The lowest BCUT2D eigenvalue weighted by molar-refractivity contribution is 1.32. The molecule has 0 spiro atoms. The smallest absolute Gasteiger partial charge is 0.0361 e. The molecule has 2 heteroatoms. The van der Waals surface area contributed by atoms with Gasteiger partial charge in [-0.15, -0.1) is 24.0 Å². The van der Waals surface area contributed by atoms with Crippen LogP contribution in [0.4, 0.5) is 0 Å². The Hall–Kier alpha value is -5.41. The summed E-state index contributed by atoms with van der Waals surface area (Å²) in [7, 11) is 0. The highest BCUT2D eigenvalue weighted by atomic mass is 32.1. The Morgan fingerprint density at radius 1 is 0.704 bits per heavy atom. The van der Waals surface area contributed by atoms with E-state index in [2.05, 4.69) is 186 Å². The first-order valence-corrected chi connectivity index (χ1v) is 19.8. The largest absolute Gasteiger partial charge is 0.143 e. The minimum atomic E-state index is 0.818. The third-order valence-corrected chi connectivity index (χ3v) is 11.5. The van der Waals surface area contributed by atoms with Gasteiger partial charge in [0.15, 0.2) is 0 Å². The Labute approximate surface area is 330 Å². The number of thiophene rings is 1. The van der Waals surface area contributed by atoms with Crippen LogP contribution in [-0.4, -0.2) is 0 Å². The summed E-state index contributed by atoms with van der Waals surface area (Å²) in [5.74, 6) is 0. The first-order chi connectivity index (χ1) is 26.2. The van der Waals surface area contributed by atoms with Gasteiger partial charge in [-0.25, -0.2) is 0 Å². The average molecular weight is 737 g/mol. The van der Waals surface area contributed by atoms with Gasteiger partial charge < -0.3 is 0 Å². The summed E-state index contributed by atoms with van der Waals surface area (Å²) in [6, 6.07) is 41.1. The van der Waals surface area contributed by atoms with Crippen LogP contribution in [0, 0.1) is 0 Å². The van der Waals surface area contributed by atoms with Gasteiger partial charge in [-0.2, -0.15) is 0 Å². The Balaban J connectivity index is 1.43. The minimum absolute atomic E-state index is 0.818. The van der Waals surface area contributed by atoms with Crippen molar-refractivity contribution >= 4 is 78.9 Å². The van der Waals surface area contributed by atoms with Crippen LogP contribution in [0.2, 0.25) is 0 Å². The first kappa shape index (κ1) is 38.3. The van der Waals surface area contributed by atoms with E-state index in [0.717, 1.165) is 44.5 Å². The van der Waals surface area contributed by atoms with E-state index in [1.807, 2.05) is 30.4 Å². The molecule has 1 heterocycles. The molecule has 5 aromatic carbocycles. The molecular weight excluding hydrogens is 689 g/mol. The molecule has 0 saturated carbocycles. The second-order valence-electron chi connectivity index (χ2n) is 13.6. The average Bonchev–Trinajstić information content (AvgIpc) is 3.53. The second kappa shape index (κ2) is 17.6. The highest BCUT2D eigenvalue weighted by molar-refractivity contribution is 7.80. The van der Waals surface area contributed by atoms with Crippen molar-refractivity contribution in [2.24, 2.45) is 0 Å². The lowest BCUT2D eigenvalue weighted by Crippen LogP contribution is -2.17. The molecule has 0 nitrogen and oxygen atoms in total. The Kier molecular flexibility index (Phi) is 12.5. The Morgan fingerprint density at radius 2 is 1.33 bits per heavy atom. The molecule has 54 heavy (non-hydrogen) atoms. The zero-order valence-electron chi connectivity index (χ0n) is 32.0. The summed E-state index contributed by atoms with van der Waals surface area (Å²) in [6.45, 7) is 19.4. The number of rotatable bonds is 9. The highest BCUT2D eigenvalue weighted by Crippen LogP contribution is 2.34. The third-order valence-electron chi connectivity index (χ3n) is 9.89. The molecule has 0 radical (unpaired) electrons. The number of hydrogen-bond donors (Lipinski definition) is 1. The van der Waals surface area contributed by atoms with Gasteiger partial charge in [-0.3, -0.25) is 0 Å². The summed E-state index contributed by atoms with van der Waals surface area (Å²) in [5.41, 5.74) is 10.1. The van der Waals surface area contributed by atoms with E-state index in [-0.39, 0.29) is 0 Å². The van der Waals surface area contributed by atoms with Crippen molar-refractivity contribution in [3.63, 3.8) is 0 Å². The third kappa shape index (κ3) is 8.52. The molecule has 0 atom stereocenters. The fourth-order valence-corrected chi connectivity index (χ4v) is 8.44. The maximum atomic E-state index is 4.89. The topological polar surface area (TPSA) is 0 Å². The summed E-state index contributed by atoms with van der Waals surface area (Å²) in [6.07, 6.45) is 16.2. The van der Waals surface area contributed by atoms with Crippen LogP contribution in [0.3, 0.4) is 0 Å². The van der Waals surface area contributed by atoms with E-state index in [4.69, 9.17) is 12.6 Å². The maximum absolute atomic E-state index is 4.89. The first-order valence-electron chi connectivity index (χ1n) is 18.5. The van der Waals surface area contributed by atoms with Gasteiger partial charge >= 0.3 is 0 Å². The highest BCUT2D eigenvalue weighted by Gasteiger charge is 2.10. The maximum Gasteiger partial charge on any atom is 0.0361 e. The number of allylic oxidation sites excluding steroid dienone is 10. The zero-order chi connectivity index (χ0) is 38.2. The zero-order valence-corrected chi connectivity index (χ0v) is 33.7. The van der Waals surface area contributed by atoms with Gasteiger partial charge in [0.05, 0.1) is 0 Å². The van der Waals surface area contributed by atoms with Crippen LogP contribution in [0.25, 0.3) is 66.1 Å². The molecule has 0 aliphatic rings. The predicted octanol–water partition coefficient (Wildman–Crippen LogP) is 14.4. The summed E-state index contributed by atoms with van der Waals surface area (Å²) in [5, 5.41) is 7.36. The number of benzene rings is 4. The SMILES string of the molecule is C=C(/C=C\C)/C(C)=C\C(=C)c1ccccccc(/C(C)=C/C(=C\C)C/C=c2\c(=C/C)sc3cc4cc(S)c(-c5ccccc5)cc4cc23)c2ccccc12. The van der Waals surface area contributed by atoms with Crippen molar-refractivity contribution in [1.29, 1.82) is 0 Å². The molecule has 6 rings (SSSR count). The molecule has 0 fully saturated rings. The summed E-state index contributed by atoms with van der Waals surface area (Å²) < 4.78 is 2.59. The van der Waals surface area contributed by atoms with E-state index in [9.17, 15) is 0 Å². The van der Waals surface area contributed by atoms with Gasteiger partial charge in [-0.05, 0) is 142 Å². The molecule has 6 aromatic rings. The van der Waals surface area contributed by atoms with E-state index < -0.39 is 0 Å². The lowest BCUT2D eigenvalue weighted by Gasteiger charge is -2.11. The van der Waals surface area contributed by atoms with Crippen LogP contribution in [-0.2, 0) is 0 Å². The van der Waals surface area contributed by atoms with E-state index in [1.165, 1.54) is 58.3 Å². The van der Waals surface area contributed by atoms with Gasteiger partial charge in [0.2, 0.25) is 0 Å². The van der Waals surface area contributed by atoms with Crippen molar-refractivity contribution in [3.05, 3.63) is 196 Å². The number of hydrogen-bond acceptors (Lipinski definition) is 2. The normalized spacial score (nSPS) is 13.3. The monoisotopic (exact) mass is 736 g/mol. The Bertz CT molecular complexity index is 2710. The fraction of sp³-hybridized carbons (Fsp3) is 0.115. The molecule has 0 amide bonds. The van der Waals surface area contributed by atoms with Crippen molar-refractivity contribution in [2.75, 3.05) is 0 Å². The lowest BCUT2D eigenvalue weighted by atomic mass is 9.94. The number of thiol groups is 1. The van der Waals surface area contributed by atoms with E-state index in [0.29, 0.717) is 0 Å². The molecule has 0 N–H and O–H groups in total. The molecule has 0 saturated heterocycles. The van der Waals surface area contributed by atoms with Crippen molar-refractivity contribution in [2.45, 2.75) is 45.9 Å². The van der Waals surface area contributed by atoms with Crippen LogP contribution in [0.1, 0.15) is 52.2 Å². The molecule has 0 aliphatic heterocycles. The van der Waals surface area contributed by atoms with Gasteiger partial charge in [-0.1, -0.05) is 147 Å². The summed E-state index contributed by atoms with van der Waals surface area (Å²) in [4.78, 5) is 0.995. The van der Waals surface area contributed by atoms with Crippen LogP contribution in [0.15, 0.2) is 180 Å². The standard InChI is InChI=1S/C52H48S2/c1-8-20-35(4)36(5)29-37(6)43-23-16-11-12-17-24-44(46-26-19-18-25-45(43)46)38(7)30-39(9-2)27-28-47-49-32-41-31-48(40-21-14-13-15-22-40)50(53)33-42(41)34-52(49)54-51(47)10-3/h8-26,28-34,53H,4,6,27H2,1-3,5,7H3/b12-11?,16-11?,17-12?,20-8-,23-16?,24-17?,36-29-,38-30+,39-9-,43-23?,44-24?,45-43?,46-44?,47-28-,51-10+.